The molecule has 0 radical (unpaired) electrons. The molecule has 2 unspecified atom stereocenters. The third-order valence-electron chi connectivity index (χ3n) is 6.89. The predicted molar refractivity (Wildman–Crippen MR) is 119 cm³/mol. The number of rotatable bonds is 11. The minimum atomic E-state index is -0.478. The van der Waals surface area contributed by atoms with Gasteiger partial charge in [-0.15, -0.1) is 0 Å². The van der Waals surface area contributed by atoms with Gasteiger partial charge in [0.15, 0.2) is 0 Å². The molecule has 6 heteroatoms. The SMILES string of the molecule is CCCC(C(N)=O)C(CC(C)C)C(=O)N[C@H]1CCCCN(CCC2CCCC2)C1=O. The molecule has 2 rings (SSSR count). The zero-order chi connectivity index (χ0) is 22.1. The second-order valence-corrected chi connectivity index (χ2v) is 9.85. The van der Waals surface area contributed by atoms with Crippen molar-refractivity contribution in [2.24, 2.45) is 29.4 Å². The van der Waals surface area contributed by atoms with Crippen LogP contribution in [0.4, 0.5) is 0 Å². The predicted octanol–water partition coefficient (Wildman–Crippen LogP) is 3.63. The number of carbonyl (C=O) groups is 3. The summed E-state index contributed by atoms with van der Waals surface area (Å²) >= 11 is 0. The first kappa shape index (κ1) is 24.7. The quantitative estimate of drug-likeness (QED) is 0.533. The first-order chi connectivity index (χ1) is 14.3. The summed E-state index contributed by atoms with van der Waals surface area (Å²) in [6.45, 7) is 7.67. The van der Waals surface area contributed by atoms with E-state index in [0.29, 0.717) is 19.3 Å². The van der Waals surface area contributed by atoms with Crippen molar-refractivity contribution in [1.29, 1.82) is 0 Å². The highest BCUT2D eigenvalue weighted by molar-refractivity contribution is 5.91. The minimum Gasteiger partial charge on any atom is -0.369 e. The summed E-state index contributed by atoms with van der Waals surface area (Å²) < 4.78 is 0. The first-order valence-corrected chi connectivity index (χ1v) is 12.2. The summed E-state index contributed by atoms with van der Waals surface area (Å²) in [7, 11) is 0. The third-order valence-corrected chi connectivity index (χ3v) is 6.89. The first-order valence-electron chi connectivity index (χ1n) is 12.2. The maximum atomic E-state index is 13.2. The van der Waals surface area contributed by atoms with Gasteiger partial charge in [0.05, 0.1) is 0 Å². The second-order valence-electron chi connectivity index (χ2n) is 9.85. The van der Waals surface area contributed by atoms with Crippen LogP contribution >= 0.6 is 0 Å². The molecule has 3 atom stereocenters. The van der Waals surface area contributed by atoms with Crippen LogP contribution < -0.4 is 11.1 Å². The van der Waals surface area contributed by atoms with Crippen LogP contribution in [0.1, 0.15) is 91.4 Å². The van der Waals surface area contributed by atoms with Crippen molar-refractivity contribution in [2.75, 3.05) is 13.1 Å². The Labute approximate surface area is 182 Å². The van der Waals surface area contributed by atoms with Crippen LogP contribution in [0.25, 0.3) is 0 Å². The fourth-order valence-corrected chi connectivity index (χ4v) is 5.19. The minimum absolute atomic E-state index is 0.0493. The van der Waals surface area contributed by atoms with E-state index in [-0.39, 0.29) is 17.7 Å². The van der Waals surface area contributed by atoms with E-state index in [1.54, 1.807) is 0 Å². The maximum absolute atomic E-state index is 13.2. The summed E-state index contributed by atoms with van der Waals surface area (Å²) in [5.74, 6) is -0.475. The Hall–Kier alpha value is -1.59. The number of amides is 3. The van der Waals surface area contributed by atoms with Crippen LogP contribution in [-0.2, 0) is 14.4 Å². The van der Waals surface area contributed by atoms with Crippen LogP contribution in [0, 0.1) is 23.7 Å². The number of hydrogen-bond donors (Lipinski definition) is 2. The topological polar surface area (TPSA) is 92.5 Å². The average Bonchev–Trinajstić information content (AvgIpc) is 3.15. The summed E-state index contributed by atoms with van der Waals surface area (Å²) in [6, 6.07) is -0.478. The van der Waals surface area contributed by atoms with Crippen molar-refractivity contribution in [3.63, 3.8) is 0 Å². The maximum Gasteiger partial charge on any atom is 0.245 e. The lowest BCUT2D eigenvalue weighted by atomic mass is 9.81. The van der Waals surface area contributed by atoms with E-state index in [4.69, 9.17) is 5.73 Å². The van der Waals surface area contributed by atoms with Crippen molar-refractivity contribution in [3.05, 3.63) is 0 Å². The second kappa shape index (κ2) is 12.3. The van der Waals surface area contributed by atoms with Crippen molar-refractivity contribution in [3.8, 4) is 0 Å². The molecule has 0 aromatic rings. The van der Waals surface area contributed by atoms with Gasteiger partial charge in [-0.1, -0.05) is 52.9 Å². The molecule has 1 saturated heterocycles. The fourth-order valence-electron chi connectivity index (χ4n) is 5.19. The highest BCUT2D eigenvalue weighted by Crippen LogP contribution is 2.28. The molecule has 0 spiro atoms. The van der Waals surface area contributed by atoms with Crippen molar-refractivity contribution in [2.45, 2.75) is 97.4 Å². The Morgan fingerprint density at radius 1 is 1.10 bits per heavy atom. The molecule has 2 aliphatic rings. The third kappa shape index (κ3) is 7.28. The highest BCUT2D eigenvalue weighted by Gasteiger charge is 2.36. The molecule has 1 saturated carbocycles. The Morgan fingerprint density at radius 2 is 1.77 bits per heavy atom. The molecule has 1 aliphatic carbocycles. The molecule has 1 heterocycles. The van der Waals surface area contributed by atoms with Crippen LogP contribution in [-0.4, -0.2) is 41.8 Å². The van der Waals surface area contributed by atoms with Crippen molar-refractivity contribution >= 4 is 17.7 Å². The van der Waals surface area contributed by atoms with E-state index in [1.165, 1.54) is 25.7 Å². The normalized spacial score (nSPS) is 22.7. The van der Waals surface area contributed by atoms with Gasteiger partial charge in [0.25, 0.3) is 0 Å². The standard InChI is InChI=1S/C24H43N3O3/c1-4-9-19(22(25)28)20(16-17(2)3)23(29)26-21-12-7-8-14-27(24(21)30)15-13-18-10-5-6-11-18/h17-21H,4-16H2,1-3H3,(H2,25,28)(H,26,29)/t19?,20?,21-/m0/s1. The van der Waals surface area contributed by atoms with Gasteiger partial charge in [-0.2, -0.15) is 0 Å². The van der Waals surface area contributed by atoms with Gasteiger partial charge in [-0.05, 0) is 50.4 Å². The Morgan fingerprint density at radius 3 is 2.37 bits per heavy atom. The van der Waals surface area contributed by atoms with Gasteiger partial charge in [-0.25, -0.2) is 0 Å². The van der Waals surface area contributed by atoms with E-state index >= 15 is 0 Å². The summed E-state index contributed by atoms with van der Waals surface area (Å²) in [5, 5.41) is 3.03. The number of nitrogens with two attached hydrogens (primary N) is 1. The molecule has 172 valence electrons. The Kier molecular flexibility index (Phi) is 10.1. The number of carbonyl (C=O) groups excluding carboxylic acids is 3. The van der Waals surface area contributed by atoms with E-state index in [1.807, 2.05) is 25.7 Å². The largest absolute Gasteiger partial charge is 0.369 e. The summed E-state index contributed by atoms with van der Waals surface area (Å²) in [5.41, 5.74) is 5.65. The van der Waals surface area contributed by atoms with Gasteiger partial charge in [0, 0.05) is 24.9 Å². The zero-order valence-corrected chi connectivity index (χ0v) is 19.3. The molecule has 1 aliphatic heterocycles. The molecular formula is C24H43N3O3. The van der Waals surface area contributed by atoms with Crippen LogP contribution in [0.15, 0.2) is 0 Å². The number of hydrogen-bond acceptors (Lipinski definition) is 3. The monoisotopic (exact) mass is 421 g/mol. The summed E-state index contributed by atoms with van der Waals surface area (Å²) in [4.78, 5) is 40.4. The number of likely N-dealkylation sites (tertiary alicyclic amines) is 1. The molecule has 3 amide bonds. The van der Waals surface area contributed by atoms with Gasteiger partial charge >= 0.3 is 0 Å². The molecule has 6 nitrogen and oxygen atoms in total. The molecule has 0 aromatic heterocycles. The molecule has 2 fully saturated rings. The Balaban J connectivity index is 2.04. The number of nitrogens with zero attached hydrogens (tertiary/aromatic N) is 1. The molecular weight excluding hydrogens is 378 g/mol. The lowest BCUT2D eigenvalue weighted by Crippen LogP contribution is -2.51. The smallest absolute Gasteiger partial charge is 0.245 e. The van der Waals surface area contributed by atoms with E-state index in [0.717, 1.165) is 44.7 Å². The lowest BCUT2D eigenvalue weighted by Gasteiger charge is -2.29. The fraction of sp³-hybridized carbons (Fsp3) is 0.875. The zero-order valence-electron chi connectivity index (χ0n) is 19.3. The lowest BCUT2D eigenvalue weighted by molar-refractivity contribution is -0.139. The van der Waals surface area contributed by atoms with E-state index in [9.17, 15) is 14.4 Å². The van der Waals surface area contributed by atoms with Crippen LogP contribution in [0.2, 0.25) is 0 Å². The number of primary amides is 1. The van der Waals surface area contributed by atoms with Gasteiger partial charge in [0.2, 0.25) is 17.7 Å². The van der Waals surface area contributed by atoms with Crippen LogP contribution in [0.3, 0.4) is 0 Å². The number of nitrogens with one attached hydrogen (secondary N) is 1. The van der Waals surface area contributed by atoms with Crippen LogP contribution in [0.5, 0.6) is 0 Å². The molecule has 30 heavy (non-hydrogen) atoms. The highest BCUT2D eigenvalue weighted by atomic mass is 16.2. The van der Waals surface area contributed by atoms with E-state index in [2.05, 4.69) is 5.32 Å². The average molecular weight is 422 g/mol. The molecule has 0 aromatic carbocycles. The summed E-state index contributed by atoms with van der Waals surface area (Å²) in [6.07, 6.45) is 10.9. The van der Waals surface area contributed by atoms with E-state index < -0.39 is 23.8 Å². The molecule has 0 bridgehead atoms. The molecule has 3 N–H and O–H groups in total. The van der Waals surface area contributed by atoms with Gasteiger partial charge in [-0.3, -0.25) is 14.4 Å². The van der Waals surface area contributed by atoms with Gasteiger partial charge < -0.3 is 16.0 Å². The van der Waals surface area contributed by atoms with Gasteiger partial charge in [0.1, 0.15) is 6.04 Å². The Bertz CT molecular complexity index is 572. The van der Waals surface area contributed by atoms with Crippen molar-refractivity contribution < 1.29 is 14.4 Å². The van der Waals surface area contributed by atoms with Crippen molar-refractivity contribution in [1.82, 2.24) is 10.2 Å².